The van der Waals surface area contributed by atoms with Crippen molar-refractivity contribution in [3.8, 4) is 0 Å². The second kappa shape index (κ2) is 3.41. The first-order valence-electron chi connectivity index (χ1n) is 6.43. The summed E-state index contributed by atoms with van der Waals surface area (Å²) in [6, 6.07) is 2.65. The molecule has 18 heavy (non-hydrogen) atoms. The van der Waals surface area contributed by atoms with Crippen LogP contribution in [-0.2, 0) is 0 Å². The van der Waals surface area contributed by atoms with E-state index in [0.717, 1.165) is 12.2 Å². The third-order valence-corrected chi connectivity index (χ3v) is 4.13. The number of nitrogens with one attached hydrogen (secondary N) is 2. The van der Waals surface area contributed by atoms with Gasteiger partial charge in [0.25, 0.3) is 11.3 Å². The van der Waals surface area contributed by atoms with Crippen LogP contribution >= 0.6 is 0 Å². The summed E-state index contributed by atoms with van der Waals surface area (Å²) >= 11 is 0. The highest BCUT2D eigenvalue weighted by Crippen LogP contribution is 2.38. The quantitative estimate of drug-likeness (QED) is 0.759. The Balaban J connectivity index is 1.82. The summed E-state index contributed by atoms with van der Waals surface area (Å²) in [6.45, 7) is 1.81. The van der Waals surface area contributed by atoms with Crippen LogP contribution in [0.2, 0.25) is 0 Å². The standard InChI is InChI=1S/C12H15N5O/c1-6-4-10(18)17-12(13-6)15-11(16-17)8-5-7-2-3-9(8)14-7/h4,7-9,14H,2-3,5H2,1H3,(H,13,15,16). The molecular formula is C12H15N5O. The first-order valence-corrected chi connectivity index (χ1v) is 6.43. The van der Waals surface area contributed by atoms with Crippen molar-refractivity contribution >= 4 is 5.78 Å². The second-order valence-electron chi connectivity index (χ2n) is 5.37. The van der Waals surface area contributed by atoms with Gasteiger partial charge in [-0.2, -0.15) is 9.50 Å². The fourth-order valence-electron chi connectivity index (χ4n) is 3.30. The van der Waals surface area contributed by atoms with Gasteiger partial charge in [-0.1, -0.05) is 0 Å². The molecule has 0 spiro atoms. The van der Waals surface area contributed by atoms with Crippen molar-refractivity contribution < 1.29 is 0 Å². The van der Waals surface area contributed by atoms with Gasteiger partial charge in [0.1, 0.15) is 5.82 Å². The van der Waals surface area contributed by atoms with E-state index < -0.39 is 0 Å². The van der Waals surface area contributed by atoms with Gasteiger partial charge in [-0.15, -0.1) is 0 Å². The maximum absolute atomic E-state index is 11.8. The Kier molecular flexibility index (Phi) is 1.94. The zero-order chi connectivity index (χ0) is 12.3. The van der Waals surface area contributed by atoms with Gasteiger partial charge in [0.15, 0.2) is 0 Å². The third-order valence-electron chi connectivity index (χ3n) is 4.13. The Morgan fingerprint density at radius 1 is 1.39 bits per heavy atom. The molecule has 94 valence electrons. The number of hydrogen-bond donors (Lipinski definition) is 2. The summed E-state index contributed by atoms with van der Waals surface area (Å²) in [5, 5.41) is 6.69. The van der Waals surface area contributed by atoms with Crippen molar-refractivity contribution in [1.82, 2.24) is 24.9 Å². The number of H-pyrrole nitrogens is 1. The van der Waals surface area contributed by atoms with Gasteiger partial charge < -0.3 is 5.32 Å². The monoisotopic (exact) mass is 245 g/mol. The highest BCUT2D eigenvalue weighted by molar-refractivity contribution is 5.29. The number of nitrogens with zero attached hydrogens (tertiary/aromatic N) is 3. The number of hydrogen-bond acceptors (Lipinski definition) is 4. The van der Waals surface area contributed by atoms with Gasteiger partial charge >= 0.3 is 0 Å². The SMILES string of the molecule is Cc1cc(=O)n2[nH]c(C3CC4CCC3N4)nc2n1. The summed E-state index contributed by atoms with van der Waals surface area (Å²) in [6.07, 6.45) is 3.57. The van der Waals surface area contributed by atoms with Gasteiger partial charge in [0.05, 0.1) is 0 Å². The van der Waals surface area contributed by atoms with Crippen LogP contribution in [0.3, 0.4) is 0 Å². The van der Waals surface area contributed by atoms with Crippen LogP contribution in [0.1, 0.15) is 36.7 Å². The average Bonchev–Trinajstić information content (AvgIpc) is 3.01. The maximum Gasteiger partial charge on any atom is 0.274 e. The number of aromatic amines is 1. The molecule has 2 saturated heterocycles. The highest BCUT2D eigenvalue weighted by atomic mass is 16.1. The Hall–Kier alpha value is -1.69. The topological polar surface area (TPSA) is 75.1 Å². The number of aryl methyl sites for hydroxylation is 1. The smallest absolute Gasteiger partial charge is 0.274 e. The van der Waals surface area contributed by atoms with Gasteiger partial charge in [-0.05, 0) is 26.2 Å². The molecule has 0 aromatic carbocycles. The van der Waals surface area contributed by atoms with E-state index in [0.29, 0.717) is 29.5 Å². The van der Waals surface area contributed by atoms with E-state index in [2.05, 4.69) is 20.4 Å². The van der Waals surface area contributed by atoms with E-state index in [1.807, 2.05) is 6.92 Å². The molecule has 2 aromatic heterocycles. The lowest BCUT2D eigenvalue weighted by molar-refractivity contribution is 0.486. The molecule has 3 unspecified atom stereocenters. The number of rotatable bonds is 1. The fraction of sp³-hybridized carbons (Fsp3) is 0.583. The minimum Gasteiger partial charge on any atom is -0.310 e. The van der Waals surface area contributed by atoms with Crippen molar-refractivity contribution in [2.75, 3.05) is 0 Å². The fourth-order valence-corrected chi connectivity index (χ4v) is 3.30. The average molecular weight is 245 g/mol. The summed E-state index contributed by atoms with van der Waals surface area (Å²) in [7, 11) is 0. The van der Waals surface area contributed by atoms with E-state index in [-0.39, 0.29) is 5.56 Å². The molecule has 6 heteroatoms. The normalized spacial score (nSPS) is 30.4. The first-order chi connectivity index (χ1) is 8.70. The molecule has 0 amide bonds. The second-order valence-corrected chi connectivity index (χ2v) is 5.37. The first kappa shape index (κ1) is 10.3. The van der Waals surface area contributed by atoms with Crippen LogP contribution in [-0.4, -0.2) is 31.7 Å². The Labute approximate surface area is 103 Å². The van der Waals surface area contributed by atoms with E-state index in [1.54, 1.807) is 0 Å². The van der Waals surface area contributed by atoms with Gasteiger partial charge in [0, 0.05) is 29.8 Å². The summed E-state index contributed by atoms with van der Waals surface area (Å²) < 4.78 is 1.44. The lowest BCUT2D eigenvalue weighted by atomic mass is 9.89. The molecule has 2 aliphatic heterocycles. The molecule has 4 rings (SSSR count). The van der Waals surface area contributed by atoms with Crippen molar-refractivity contribution in [1.29, 1.82) is 0 Å². The molecule has 6 nitrogen and oxygen atoms in total. The van der Waals surface area contributed by atoms with Crippen LogP contribution in [0.15, 0.2) is 10.9 Å². The predicted octanol–water partition coefficient (Wildman–Crippen LogP) is 0.334. The van der Waals surface area contributed by atoms with Crippen molar-refractivity contribution in [2.45, 2.75) is 44.2 Å². The van der Waals surface area contributed by atoms with Crippen molar-refractivity contribution in [3.63, 3.8) is 0 Å². The van der Waals surface area contributed by atoms with Crippen molar-refractivity contribution in [3.05, 3.63) is 27.9 Å². The minimum atomic E-state index is -0.0904. The van der Waals surface area contributed by atoms with E-state index in [9.17, 15) is 4.79 Å². The molecule has 2 aromatic rings. The zero-order valence-electron chi connectivity index (χ0n) is 10.2. The van der Waals surface area contributed by atoms with Crippen LogP contribution in [0, 0.1) is 6.92 Å². The van der Waals surface area contributed by atoms with Crippen LogP contribution in [0.5, 0.6) is 0 Å². The summed E-state index contributed by atoms with van der Waals surface area (Å²) in [4.78, 5) is 20.6. The molecule has 2 bridgehead atoms. The summed E-state index contributed by atoms with van der Waals surface area (Å²) in [5.74, 6) is 1.77. The van der Waals surface area contributed by atoms with Crippen LogP contribution < -0.4 is 10.9 Å². The van der Waals surface area contributed by atoms with Crippen LogP contribution in [0.4, 0.5) is 0 Å². The number of fused-ring (bicyclic) bond motifs is 3. The predicted molar refractivity (Wildman–Crippen MR) is 65.6 cm³/mol. The molecule has 3 atom stereocenters. The molecule has 2 fully saturated rings. The lowest BCUT2D eigenvalue weighted by Crippen LogP contribution is -2.22. The minimum absolute atomic E-state index is 0.0904. The number of aromatic nitrogens is 4. The molecule has 0 radical (unpaired) electrons. The van der Waals surface area contributed by atoms with E-state index in [4.69, 9.17) is 0 Å². The van der Waals surface area contributed by atoms with Crippen molar-refractivity contribution in [2.24, 2.45) is 0 Å². The molecule has 2 aliphatic rings. The zero-order valence-corrected chi connectivity index (χ0v) is 10.2. The third kappa shape index (κ3) is 1.35. The molecule has 2 N–H and O–H groups in total. The van der Waals surface area contributed by atoms with E-state index >= 15 is 0 Å². The van der Waals surface area contributed by atoms with E-state index in [1.165, 1.54) is 23.4 Å². The summed E-state index contributed by atoms with van der Waals surface area (Å²) in [5.41, 5.74) is 0.622. The largest absolute Gasteiger partial charge is 0.310 e. The molecule has 0 aliphatic carbocycles. The Morgan fingerprint density at radius 3 is 3.00 bits per heavy atom. The highest BCUT2D eigenvalue weighted by Gasteiger charge is 2.41. The van der Waals surface area contributed by atoms with Gasteiger partial charge in [0.2, 0.25) is 0 Å². The Morgan fingerprint density at radius 2 is 2.28 bits per heavy atom. The van der Waals surface area contributed by atoms with Crippen LogP contribution in [0.25, 0.3) is 5.78 Å². The molecular weight excluding hydrogens is 230 g/mol. The molecule has 4 heterocycles. The maximum atomic E-state index is 11.8. The van der Waals surface area contributed by atoms with Gasteiger partial charge in [-0.3, -0.25) is 9.89 Å². The Bertz CT molecular complexity index is 673. The molecule has 0 saturated carbocycles. The van der Waals surface area contributed by atoms with Gasteiger partial charge in [-0.25, -0.2) is 4.98 Å². The lowest BCUT2D eigenvalue weighted by Gasteiger charge is -2.16.